The number of carbonyl (C=O) groups excluding carboxylic acids is 1. The first-order valence-electron chi connectivity index (χ1n) is 8.65. The van der Waals surface area contributed by atoms with E-state index in [0.29, 0.717) is 13.1 Å². The molecule has 6 nitrogen and oxygen atoms in total. The second kappa shape index (κ2) is 6.96. The molecule has 3 heterocycles. The summed E-state index contributed by atoms with van der Waals surface area (Å²) in [5.74, 6) is 0.974. The molecule has 0 bridgehead atoms. The molecule has 26 heavy (non-hydrogen) atoms. The highest BCUT2D eigenvalue weighted by molar-refractivity contribution is 6.32. The summed E-state index contributed by atoms with van der Waals surface area (Å²) in [5, 5.41) is 4.05. The van der Waals surface area contributed by atoms with Gasteiger partial charge in [-0.25, -0.2) is 9.98 Å². The Kier molecular flexibility index (Phi) is 4.51. The Morgan fingerprint density at radius 2 is 2.04 bits per heavy atom. The first-order chi connectivity index (χ1) is 12.7. The highest BCUT2D eigenvalue weighted by Crippen LogP contribution is 2.37. The van der Waals surface area contributed by atoms with Crippen LogP contribution < -0.4 is 5.32 Å². The zero-order valence-corrected chi connectivity index (χ0v) is 15.1. The lowest BCUT2D eigenvalue weighted by Gasteiger charge is -2.39. The summed E-state index contributed by atoms with van der Waals surface area (Å²) < 4.78 is 0. The van der Waals surface area contributed by atoms with Crippen molar-refractivity contribution in [1.82, 2.24) is 15.1 Å². The van der Waals surface area contributed by atoms with Crippen molar-refractivity contribution in [2.24, 2.45) is 15.9 Å². The average molecular weight is 370 g/mol. The number of aliphatic imine (C=N–C) groups is 2. The van der Waals surface area contributed by atoms with Crippen LogP contribution in [0.15, 0.2) is 53.1 Å². The lowest BCUT2D eigenvalue weighted by Crippen LogP contribution is -2.53. The van der Waals surface area contributed by atoms with E-state index in [1.54, 1.807) is 6.34 Å². The molecule has 3 aliphatic heterocycles. The third-order valence-electron chi connectivity index (χ3n) is 5.03. The monoisotopic (exact) mass is 369 g/mol. The number of benzene rings is 1. The molecule has 0 saturated carbocycles. The van der Waals surface area contributed by atoms with Crippen molar-refractivity contribution in [1.29, 1.82) is 0 Å². The molecule has 134 valence electrons. The van der Waals surface area contributed by atoms with Crippen LogP contribution in [0.5, 0.6) is 0 Å². The molecule has 2 unspecified atom stereocenters. The minimum atomic E-state index is -0.0680. The number of halogens is 1. The highest BCUT2D eigenvalue weighted by Gasteiger charge is 2.39. The highest BCUT2D eigenvalue weighted by atomic mass is 35.5. The van der Waals surface area contributed by atoms with Gasteiger partial charge in [0.1, 0.15) is 18.3 Å². The second-order valence-corrected chi connectivity index (χ2v) is 6.84. The smallest absolute Gasteiger partial charge is 0.246 e. The molecule has 0 aromatic heterocycles. The number of piperazine rings is 1. The van der Waals surface area contributed by atoms with Crippen LogP contribution in [0, 0.1) is 5.92 Å². The second-order valence-electron chi connectivity index (χ2n) is 6.44. The Morgan fingerprint density at radius 3 is 2.77 bits per heavy atom. The van der Waals surface area contributed by atoms with Gasteiger partial charge in [0.25, 0.3) is 0 Å². The summed E-state index contributed by atoms with van der Waals surface area (Å²) in [6, 6.07) is 7.83. The quantitative estimate of drug-likeness (QED) is 0.811. The van der Waals surface area contributed by atoms with E-state index < -0.39 is 0 Å². The summed E-state index contributed by atoms with van der Waals surface area (Å²) in [7, 11) is 0. The molecule has 2 atom stereocenters. The van der Waals surface area contributed by atoms with Gasteiger partial charge in [-0.15, -0.1) is 0 Å². The predicted molar refractivity (Wildman–Crippen MR) is 104 cm³/mol. The zero-order valence-electron chi connectivity index (χ0n) is 14.3. The minimum Gasteiger partial charge on any atom is -0.369 e. The molecule has 1 N–H and O–H groups in total. The third-order valence-corrected chi connectivity index (χ3v) is 5.36. The van der Waals surface area contributed by atoms with Gasteiger partial charge in [-0.1, -0.05) is 36.4 Å². The van der Waals surface area contributed by atoms with Crippen LogP contribution in [0.4, 0.5) is 0 Å². The van der Waals surface area contributed by atoms with Crippen molar-refractivity contribution < 1.29 is 4.79 Å². The van der Waals surface area contributed by atoms with Crippen LogP contribution in [0.1, 0.15) is 5.56 Å². The largest absolute Gasteiger partial charge is 0.369 e. The van der Waals surface area contributed by atoms with Crippen molar-refractivity contribution in [2.45, 2.75) is 6.17 Å². The third kappa shape index (κ3) is 2.90. The molecule has 1 saturated heterocycles. The molecule has 4 rings (SSSR count). The molecule has 1 amide bonds. The molecule has 1 aromatic rings. The Balaban J connectivity index is 1.57. The van der Waals surface area contributed by atoms with E-state index in [1.807, 2.05) is 35.4 Å². The molecule has 3 aliphatic rings. The Morgan fingerprint density at radius 1 is 1.27 bits per heavy atom. The fraction of sp³-hybridized carbons (Fsp3) is 0.316. The van der Waals surface area contributed by atoms with E-state index >= 15 is 0 Å². The zero-order chi connectivity index (χ0) is 18.1. The molecule has 1 aromatic carbocycles. The normalized spacial score (nSPS) is 24.5. The van der Waals surface area contributed by atoms with E-state index in [0.717, 1.165) is 35.1 Å². The van der Waals surface area contributed by atoms with Crippen molar-refractivity contribution in [3.8, 4) is 0 Å². The first kappa shape index (κ1) is 16.8. The molecule has 0 aliphatic carbocycles. The average Bonchev–Trinajstić information content (AvgIpc) is 3.12. The number of nitrogens with one attached hydrogen (secondary N) is 1. The van der Waals surface area contributed by atoms with Gasteiger partial charge in [-0.05, 0) is 23.3 Å². The Labute approximate surface area is 157 Å². The summed E-state index contributed by atoms with van der Waals surface area (Å²) in [6.45, 7) is 6.38. The number of fused-ring (bicyclic) bond motifs is 1. The van der Waals surface area contributed by atoms with Crippen molar-refractivity contribution in [3.63, 3.8) is 0 Å². The molecular weight excluding hydrogens is 350 g/mol. The van der Waals surface area contributed by atoms with Crippen LogP contribution in [-0.4, -0.2) is 60.2 Å². The molecular formula is C19H20ClN5O. The minimum absolute atomic E-state index is 0.0153. The summed E-state index contributed by atoms with van der Waals surface area (Å²) in [5.41, 5.74) is 2.10. The number of hydrogen-bond donors (Lipinski definition) is 1. The van der Waals surface area contributed by atoms with Gasteiger partial charge in [0.05, 0.1) is 5.92 Å². The lowest BCUT2D eigenvalue weighted by molar-refractivity contribution is -0.127. The van der Waals surface area contributed by atoms with Crippen LogP contribution in [0.25, 0.3) is 5.57 Å². The fourth-order valence-electron chi connectivity index (χ4n) is 3.69. The van der Waals surface area contributed by atoms with Gasteiger partial charge in [0.15, 0.2) is 0 Å². The van der Waals surface area contributed by atoms with Crippen LogP contribution in [0.3, 0.4) is 0 Å². The number of nitrogens with zero attached hydrogens (tertiary/aromatic N) is 4. The van der Waals surface area contributed by atoms with E-state index in [1.165, 1.54) is 6.08 Å². The molecule has 1 fully saturated rings. The molecule has 0 radical (unpaired) electrons. The fourth-order valence-corrected chi connectivity index (χ4v) is 3.93. The molecule has 0 spiro atoms. The van der Waals surface area contributed by atoms with E-state index in [-0.39, 0.29) is 18.0 Å². The summed E-state index contributed by atoms with van der Waals surface area (Å²) in [6.07, 6.45) is 4.91. The van der Waals surface area contributed by atoms with Crippen LogP contribution in [-0.2, 0) is 4.79 Å². The Bertz CT molecular complexity index is 823. The number of carbonyl (C=O) groups is 1. The summed E-state index contributed by atoms with van der Waals surface area (Å²) >= 11 is 6.42. The topological polar surface area (TPSA) is 60.3 Å². The van der Waals surface area contributed by atoms with Gasteiger partial charge in [0.2, 0.25) is 5.91 Å². The summed E-state index contributed by atoms with van der Waals surface area (Å²) in [4.78, 5) is 24.9. The van der Waals surface area contributed by atoms with Gasteiger partial charge in [0, 0.05) is 37.4 Å². The van der Waals surface area contributed by atoms with Gasteiger partial charge < -0.3 is 15.1 Å². The van der Waals surface area contributed by atoms with Crippen LogP contribution in [0.2, 0.25) is 5.02 Å². The lowest BCUT2D eigenvalue weighted by atomic mass is 9.90. The molecule has 7 heteroatoms. The standard InChI is InChI=1S/C19H20ClN5O/c1-2-16(26)24-7-9-25(10-8-24)19-17-14(11-21-18(17)22-12-23-19)13-5-3-4-6-15(13)20/h2-6,11-12,17-18,21H,1,7-10H2. The maximum absolute atomic E-state index is 11.8. The van der Waals surface area contributed by atoms with Gasteiger partial charge >= 0.3 is 0 Å². The van der Waals surface area contributed by atoms with Crippen molar-refractivity contribution in [2.75, 3.05) is 26.2 Å². The SMILES string of the molecule is C=CC(=O)N1CCN(C2=NC=NC3NC=C(c4ccccc4Cl)C23)CC1. The Hall–Kier alpha value is -2.60. The number of hydrogen-bond acceptors (Lipinski definition) is 5. The van der Waals surface area contributed by atoms with Crippen LogP contribution >= 0.6 is 11.6 Å². The number of rotatable bonds is 2. The first-order valence-corrected chi connectivity index (χ1v) is 9.03. The predicted octanol–water partition coefficient (Wildman–Crippen LogP) is 2.00. The number of amides is 1. The van der Waals surface area contributed by atoms with Crippen molar-refractivity contribution >= 4 is 35.3 Å². The maximum atomic E-state index is 11.8. The van der Waals surface area contributed by atoms with E-state index in [2.05, 4.69) is 26.8 Å². The number of amidine groups is 1. The van der Waals surface area contributed by atoms with E-state index in [9.17, 15) is 4.79 Å². The maximum Gasteiger partial charge on any atom is 0.246 e. The van der Waals surface area contributed by atoms with E-state index in [4.69, 9.17) is 11.6 Å². The van der Waals surface area contributed by atoms with Crippen molar-refractivity contribution in [3.05, 3.63) is 53.7 Å². The van der Waals surface area contributed by atoms with Gasteiger partial charge in [-0.3, -0.25) is 4.79 Å². The van der Waals surface area contributed by atoms with Gasteiger partial charge in [-0.2, -0.15) is 0 Å².